The monoisotopic (exact) mass is 296 g/mol. The van der Waals surface area contributed by atoms with Crippen molar-refractivity contribution in [3.63, 3.8) is 0 Å². The van der Waals surface area contributed by atoms with E-state index in [2.05, 4.69) is 10.3 Å². The predicted molar refractivity (Wildman–Crippen MR) is 78.7 cm³/mol. The number of carbonyl (C=O) groups is 1. The van der Waals surface area contributed by atoms with Crippen molar-refractivity contribution in [1.29, 1.82) is 0 Å². The zero-order chi connectivity index (χ0) is 14.8. The summed E-state index contributed by atoms with van der Waals surface area (Å²) in [5.74, 6) is -0.487. The Labute approximate surface area is 121 Å². The summed E-state index contributed by atoms with van der Waals surface area (Å²) in [6.45, 7) is 4.20. The number of ether oxygens (including phenoxy) is 1. The SMILES string of the molecule is COCC1(C(C)C)SC(=Nc2ccccc2F)NC1=O. The fraction of sp³-hybridized carbons (Fsp3) is 0.429. The number of hydrogen-bond donors (Lipinski definition) is 1. The van der Waals surface area contributed by atoms with Crippen LogP contribution in [0.25, 0.3) is 0 Å². The van der Waals surface area contributed by atoms with E-state index in [1.807, 2.05) is 13.8 Å². The number of rotatable bonds is 4. The molecule has 1 aliphatic heterocycles. The average Bonchev–Trinajstić information content (AvgIpc) is 2.70. The molecule has 1 fully saturated rings. The van der Waals surface area contributed by atoms with Crippen LogP contribution in [-0.2, 0) is 9.53 Å². The predicted octanol–water partition coefficient (Wildman–Crippen LogP) is 2.72. The Morgan fingerprint density at radius 2 is 2.15 bits per heavy atom. The van der Waals surface area contributed by atoms with E-state index in [-0.39, 0.29) is 24.1 Å². The van der Waals surface area contributed by atoms with Crippen molar-refractivity contribution in [2.75, 3.05) is 13.7 Å². The van der Waals surface area contributed by atoms with Crippen LogP contribution in [-0.4, -0.2) is 29.5 Å². The maximum Gasteiger partial charge on any atom is 0.245 e. The smallest absolute Gasteiger partial charge is 0.245 e. The fourth-order valence-electron chi connectivity index (χ4n) is 2.01. The summed E-state index contributed by atoms with van der Waals surface area (Å²) in [5.41, 5.74) is 0.215. The van der Waals surface area contributed by atoms with E-state index in [0.29, 0.717) is 5.17 Å². The summed E-state index contributed by atoms with van der Waals surface area (Å²) in [7, 11) is 1.56. The lowest BCUT2D eigenvalue weighted by atomic mass is 9.95. The second-order valence-electron chi connectivity index (χ2n) is 4.90. The molecule has 0 radical (unpaired) electrons. The molecule has 0 aromatic heterocycles. The van der Waals surface area contributed by atoms with E-state index in [1.165, 1.54) is 17.8 Å². The highest BCUT2D eigenvalue weighted by Gasteiger charge is 2.49. The summed E-state index contributed by atoms with van der Waals surface area (Å²) < 4.78 is 18.0. The lowest BCUT2D eigenvalue weighted by molar-refractivity contribution is -0.124. The third-order valence-corrected chi connectivity index (χ3v) is 4.78. The lowest BCUT2D eigenvalue weighted by Gasteiger charge is -2.27. The van der Waals surface area contributed by atoms with Crippen molar-refractivity contribution in [1.82, 2.24) is 5.32 Å². The van der Waals surface area contributed by atoms with Crippen molar-refractivity contribution in [2.24, 2.45) is 10.9 Å². The third kappa shape index (κ3) is 2.71. The van der Waals surface area contributed by atoms with E-state index >= 15 is 0 Å². The van der Waals surface area contributed by atoms with Gasteiger partial charge in [-0.15, -0.1) is 0 Å². The van der Waals surface area contributed by atoms with Crippen LogP contribution in [0.1, 0.15) is 13.8 Å². The summed E-state index contributed by atoms with van der Waals surface area (Å²) in [4.78, 5) is 16.4. The van der Waals surface area contributed by atoms with Gasteiger partial charge in [0.2, 0.25) is 5.91 Å². The van der Waals surface area contributed by atoms with Gasteiger partial charge < -0.3 is 10.1 Å². The van der Waals surface area contributed by atoms with Crippen LogP contribution >= 0.6 is 11.8 Å². The van der Waals surface area contributed by atoms with Crippen molar-refractivity contribution >= 4 is 28.5 Å². The molecule has 4 nitrogen and oxygen atoms in total. The first-order valence-electron chi connectivity index (χ1n) is 6.32. The first-order valence-corrected chi connectivity index (χ1v) is 7.14. The number of aliphatic imine (C=N–C) groups is 1. The molecule has 1 N–H and O–H groups in total. The van der Waals surface area contributed by atoms with Crippen molar-refractivity contribution in [2.45, 2.75) is 18.6 Å². The average molecular weight is 296 g/mol. The number of hydrogen-bond acceptors (Lipinski definition) is 4. The quantitative estimate of drug-likeness (QED) is 0.929. The van der Waals surface area contributed by atoms with E-state index in [1.54, 1.807) is 25.3 Å². The van der Waals surface area contributed by atoms with Crippen molar-refractivity contribution in [3.05, 3.63) is 30.1 Å². The second kappa shape index (κ2) is 5.93. The summed E-state index contributed by atoms with van der Waals surface area (Å²) >= 11 is 1.30. The highest BCUT2D eigenvalue weighted by molar-refractivity contribution is 8.16. The molecule has 1 heterocycles. The lowest BCUT2D eigenvalue weighted by Crippen LogP contribution is -2.44. The number of methoxy groups -OCH3 is 1. The highest BCUT2D eigenvalue weighted by atomic mass is 32.2. The number of thioether (sulfide) groups is 1. The van der Waals surface area contributed by atoms with Gasteiger partial charge in [-0.25, -0.2) is 9.38 Å². The molecule has 1 saturated heterocycles. The number of benzene rings is 1. The molecular formula is C14H17FN2O2S. The molecule has 6 heteroatoms. The van der Waals surface area contributed by atoms with Crippen LogP contribution in [0.2, 0.25) is 0 Å². The molecule has 2 rings (SSSR count). The fourth-order valence-corrected chi connectivity index (χ4v) is 3.19. The maximum atomic E-state index is 13.6. The number of carbonyl (C=O) groups excluding carboxylic acids is 1. The zero-order valence-electron chi connectivity index (χ0n) is 11.6. The van der Waals surface area contributed by atoms with Gasteiger partial charge in [0.1, 0.15) is 16.3 Å². The molecule has 0 saturated carbocycles. The maximum absolute atomic E-state index is 13.6. The number of para-hydroxylation sites is 1. The molecule has 1 atom stereocenters. The van der Waals surface area contributed by atoms with Gasteiger partial charge in [-0.2, -0.15) is 0 Å². The Balaban J connectivity index is 2.30. The van der Waals surface area contributed by atoms with E-state index in [4.69, 9.17) is 4.74 Å². The molecule has 108 valence electrons. The Morgan fingerprint density at radius 1 is 1.45 bits per heavy atom. The number of nitrogens with one attached hydrogen (secondary N) is 1. The first-order chi connectivity index (χ1) is 9.49. The van der Waals surface area contributed by atoms with Crippen LogP contribution in [0, 0.1) is 11.7 Å². The van der Waals surface area contributed by atoms with Gasteiger partial charge in [0.15, 0.2) is 5.17 Å². The largest absolute Gasteiger partial charge is 0.383 e. The molecule has 1 aromatic rings. The molecule has 1 unspecified atom stereocenters. The van der Waals surface area contributed by atoms with Gasteiger partial charge in [-0.3, -0.25) is 4.79 Å². The van der Waals surface area contributed by atoms with Gasteiger partial charge in [-0.1, -0.05) is 37.7 Å². The molecule has 0 spiro atoms. The molecule has 1 aromatic carbocycles. The highest BCUT2D eigenvalue weighted by Crippen LogP contribution is 2.39. The van der Waals surface area contributed by atoms with Crippen LogP contribution in [0.3, 0.4) is 0 Å². The molecule has 1 aliphatic rings. The van der Waals surface area contributed by atoms with E-state index in [0.717, 1.165) is 0 Å². The Kier molecular flexibility index (Phi) is 4.45. The van der Waals surface area contributed by atoms with E-state index < -0.39 is 10.6 Å². The van der Waals surface area contributed by atoms with Gasteiger partial charge in [0.05, 0.1) is 6.61 Å². The van der Waals surface area contributed by atoms with Crippen LogP contribution in [0.15, 0.2) is 29.3 Å². The van der Waals surface area contributed by atoms with Gasteiger partial charge in [0, 0.05) is 7.11 Å². The minimum atomic E-state index is -0.709. The number of nitrogens with zero attached hydrogens (tertiary/aromatic N) is 1. The Hall–Kier alpha value is -1.40. The summed E-state index contributed by atoms with van der Waals surface area (Å²) in [5, 5.41) is 3.12. The molecule has 0 bridgehead atoms. The zero-order valence-corrected chi connectivity index (χ0v) is 12.5. The standard InChI is InChI=1S/C14H17FN2O2S/c1-9(2)14(8-19-3)12(18)17-13(20-14)16-11-7-5-4-6-10(11)15/h4-7,9H,8H2,1-3H3,(H,16,17,18). The Morgan fingerprint density at radius 3 is 2.75 bits per heavy atom. The Bertz CT molecular complexity index is 548. The molecular weight excluding hydrogens is 279 g/mol. The molecule has 0 aliphatic carbocycles. The van der Waals surface area contributed by atoms with Crippen molar-refractivity contribution in [3.8, 4) is 0 Å². The second-order valence-corrected chi connectivity index (χ2v) is 6.22. The first kappa shape index (κ1) is 15.0. The van der Waals surface area contributed by atoms with Gasteiger partial charge in [0.25, 0.3) is 0 Å². The van der Waals surface area contributed by atoms with Gasteiger partial charge >= 0.3 is 0 Å². The number of amidine groups is 1. The van der Waals surface area contributed by atoms with E-state index in [9.17, 15) is 9.18 Å². The number of halogens is 1. The minimum absolute atomic E-state index is 0.0702. The molecule has 20 heavy (non-hydrogen) atoms. The molecule has 1 amide bonds. The van der Waals surface area contributed by atoms with Crippen LogP contribution in [0.5, 0.6) is 0 Å². The van der Waals surface area contributed by atoms with Gasteiger partial charge in [-0.05, 0) is 18.1 Å². The van der Waals surface area contributed by atoms with Crippen LogP contribution in [0.4, 0.5) is 10.1 Å². The van der Waals surface area contributed by atoms with Crippen LogP contribution < -0.4 is 5.32 Å². The topological polar surface area (TPSA) is 50.7 Å². The normalized spacial score (nSPS) is 24.4. The summed E-state index contributed by atoms with van der Waals surface area (Å²) in [6, 6.07) is 6.21. The summed E-state index contributed by atoms with van der Waals surface area (Å²) in [6.07, 6.45) is 0. The minimum Gasteiger partial charge on any atom is -0.383 e. The number of amides is 1. The van der Waals surface area contributed by atoms with Crippen molar-refractivity contribution < 1.29 is 13.9 Å². The third-order valence-electron chi connectivity index (χ3n) is 3.25.